The highest BCUT2D eigenvalue weighted by Crippen LogP contribution is 2.46. The van der Waals surface area contributed by atoms with Crippen LogP contribution in [0.25, 0.3) is 0 Å². The molecule has 2 heteroatoms. The van der Waals surface area contributed by atoms with Gasteiger partial charge in [0, 0.05) is 17.9 Å². The molecule has 2 fully saturated rings. The highest BCUT2D eigenvalue weighted by molar-refractivity contribution is 5.99. The number of fused-ring (bicyclic) bond motifs is 2. The first-order valence-electron chi connectivity index (χ1n) is 7.81. The fourth-order valence-electron chi connectivity index (χ4n) is 4.11. The summed E-state index contributed by atoms with van der Waals surface area (Å²) in [6, 6.07) is 10.6. The monoisotopic (exact) mass is 268 g/mol. The highest BCUT2D eigenvalue weighted by atomic mass is 16.5. The third-order valence-corrected chi connectivity index (χ3v) is 5.07. The molecule has 4 rings (SSSR count). The predicted octanol–water partition coefficient (Wildman–Crippen LogP) is 3.77. The Morgan fingerprint density at radius 3 is 2.70 bits per heavy atom. The Labute approximate surface area is 119 Å². The van der Waals surface area contributed by atoms with E-state index in [9.17, 15) is 4.79 Å². The summed E-state index contributed by atoms with van der Waals surface area (Å²) in [6.07, 6.45) is 6.50. The van der Waals surface area contributed by atoms with E-state index >= 15 is 0 Å². The molecule has 1 heterocycles. The average Bonchev–Trinajstić information content (AvgIpc) is 2.88. The number of hydrogen-bond donors (Lipinski definition) is 0. The van der Waals surface area contributed by atoms with Crippen molar-refractivity contribution in [2.75, 3.05) is 0 Å². The molecular weight excluding hydrogens is 248 g/mol. The molecule has 0 saturated heterocycles. The summed E-state index contributed by atoms with van der Waals surface area (Å²) in [5.74, 6) is 0.712. The number of ether oxygens (including phenoxy) is 1. The van der Waals surface area contributed by atoms with Gasteiger partial charge in [-0.15, -0.1) is 0 Å². The summed E-state index contributed by atoms with van der Waals surface area (Å²) in [5.41, 5.74) is 3.71. The lowest BCUT2D eigenvalue weighted by molar-refractivity contribution is -0.118. The number of carbonyl (C=O) groups is 1. The Kier molecular flexibility index (Phi) is 2.99. The number of hydrogen-bond acceptors (Lipinski definition) is 2. The number of ketones is 1. The van der Waals surface area contributed by atoms with Crippen molar-refractivity contribution in [1.82, 2.24) is 0 Å². The Balaban J connectivity index is 1.73. The van der Waals surface area contributed by atoms with Gasteiger partial charge in [0.05, 0.1) is 12.2 Å². The van der Waals surface area contributed by atoms with Gasteiger partial charge in [0.2, 0.25) is 0 Å². The minimum absolute atomic E-state index is 0.0248. The third-order valence-electron chi connectivity index (χ3n) is 5.07. The first-order chi connectivity index (χ1) is 9.84. The zero-order valence-electron chi connectivity index (χ0n) is 11.7. The fraction of sp³-hybridized carbons (Fsp3) is 0.500. The fourth-order valence-corrected chi connectivity index (χ4v) is 4.11. The minimum atomic E-state index is 0.0248. The maximum Gasteiger partial charge on any atom is 0.161 e. The van der Waals surface area contributed by atoms with Gasteiger partial charge in [-0.2, -0.15) is 0 Å². The van der Waals surface area contributed by atoms with E-state index in [1.807, 2.05) is 6.07 Å². The molecule has 1 aromatic carbocycles. The van der Waals surface area contributed by atoms with Gasteiger partial charge in [0.15, 0.2) is 5.78 Å². The normalized spacial score (nSPS) is 33.0. The van der Waals surface area contributed by atoms with Crippen LogP contribution in [0.4, 0.5) is 0 Å². The number of Topliss-reactive ketones (excluding diaryl/α,β-unsaturated/α-hetero) is 1. The molecule has 3 atom stereocenters. The molecule has 2 nitrogen and oxygen atoms in total. The van der Waals surface area contributed by atoms with Gasteiger partial charge in [-0.25, -0.2) is 0 Å². The van der Waals surface area contributed by atoms with Crippen molar-refractivity contribution in [3.63, 3.8) is 0 Å². The van der Waals surface area contributed by atoms with Crippen molar-refractivity contribution in [1.29, 1.82) is 0 Å². The summed E-state index contributed by atoms with van der Waals surface area (Å²) in [6.45, 7) is 0. The van der Waals surface area contributed by atoms with Gasteiger partial charge in [0.1, 0.15) is 0 Å². The minimum Gasteiger partial charge on any atom is -0.365 e. The van der Waals surface area contributed by atoms with Crippen LogP contribution in [-0.2, 0) is 9.53 Å². The van der Waals surface area contributed by atoms with Gasteiger partial charge in [-0.3, -0.25) is 4.79 Å². The maximum absolute atomic E-state index is 12.4. The molecule has 0 amide bonds. The van der Waals surface area contributed by atoms with Crippen molar-refractivity contribution < 1.29 is 9.53 Å². The largest absolute Gasteiger partial charge is 0.365 e. The maximum atomic E-state index is 12.4. The van der Waals surface area contributed by atoms with Crippen LogP contribution in [0.2, 0.25) is 0 Å². The zero-order valence-corrected chi connectivity index (χ0v) is 11.7. The molecular formula is C18H20O2. The smallest absolute Gasteiger partial charge is 0.161 e. The lowest BCUT2D eigenvalue weighted by Crippen LogP contribution is -2.31. The Morgan fingerprint density at radius 2 is 1.85 bits per heavy atom. The molecule has 0 bridgehead atoms. The SMILES string of the molecule is O=C1CCC(c2ccccc2)C2OC3CCCCC3=C12. The van der Waals surface area contributed by atoms with E-state index in [2.05, 4.69) is 24.3 Å². The predicted molar refractivity (Wildman–Crippen MR) is 77.6 cm³/mol. The third kappa shape index (κ3) is 1.86. The van der Waals surface area contributed by atoms with Crippen molar-refractivity contribution in [2.24, 2.45) is 0 Å². The summed E-state index contributed by atoms with van der Waals surface area (Å²) < 4.78 is 6.31. The van der Waals surface area contributed by atoms with Crippen LogP contribution in [0, 0.1) is 0 Å². The molecule has 3 aliphatic rings. The summed E-state index contributed by atoms with van der Waals surface area (Å²) in [5, 5.41) is 0. The molecule has 1 aliphatic heterocycles. The average molecular weight is 268 g/mol. The standard InChI is InChI=1S/C18H20O2/c19-15-11-10-13(12-6-2-1-3-7-12)18-17(15)14-8-4-5-9-16(14)20-18/h1-3,6-7,13,16,18H,4-5,8-11H2. The van der Waals surface area contributed by atoms with Crippen LogP contribution in [0.1, 0.15) is 50.0 Å². The van der Waals surface area contributed by atoms with E-state index in [1.165, 1.54) is 24.0 Å². The van der Waals surface area contributed by atoms with E-state index in [-0.39, 0.29) is 12.2 Å². The number of rotatable bonds is 1. The van der Waals surface area contributed by atoms with E-state index in [4.69, 9.17) is 4.74 Å². The van der Waals surface area contributed by atoms with Crippen molar-refractivity contribution in [2.45, 2.75) is 56.7 Å². The first-order valence-corrected chi connectivity index (χ1v) is 7.81. The van der Waals surface area contributed by atoms with Crippen LogP contribution in [-0.4, -0.2) is 18.0 Å². The Bertz CT molecular complexity index is 558. The van der Waals surface area contributed by atoms with E-state index in [0.29, 0.717) is 18.1 Å². The van der Waals surface area contributed by atoms with E-state index in [1.54, 1.807) is 0 Å². The Morgan fingerprint density at radius 1 is 1.00 bits per heavy atom. The molecule has 104 valence electrons. The summed E-state index contributed by atoms with van der Waals surface area (Å²) in [7, 11) is 0. The van der Waals surface area contributed by atoms with Gasteiger partial charge in [0.25, 0.3) is 0 Å². The molecule has 0 spiro atoms. The molecule has 0 aromatic heterocycles. The van der Waals surface area contributed by atoms with Crippen LogP contribution in [0.3, 0.4) is 0 Å². The van der Waals surface area contributed by atoms with E-state index in [0.717, 1.165) is 24.8 Å². The lowest BCUT2D eigenvalue weighted by Gasteiger charge is -2.30. The van der Waals surface area contributed by atoms with Gasteiger partial charge < -0.3 is 4.74 Å². The summed E-state index contributed by atoms with van der Waals surface area (Å²) >= 11 is 0. The quantitative estimate of drug-likeness (QED) is 0.775. The second-order valence-electron chi connectivity index (χ2n) is 6.21. The van der Waals surface area contributed by atoms with Crippen molar-refractivity contribution in [3.8, 4) is 0 Å². The molecule has 0 radical (unpaired) electrons. The zero-order chi connectivity index (χ0) is 13.5. The van der Waals surface area contributed by atoms with Crippen molar-refractivity contribution in [3.05, 3.63) is 47.0 Å². The molecule has 2 aliphatic carbocycles. The molecule has 2 saturated carbocycles. The number of benzene rings is 1. The first kappa shape index (κ1) is 12.3. The van der Waals surface area contributed by atoms with E-state index < -0.39 is 0 Å². The van der Waals surface area contributed by atoms with Gasteiger partial charge >= 0.3 is 0 Å². The summed E-state index contributed by atoms with van der Waals surface area (Å²) in [4.78, 5) is 12.4. The van der Waals surface area contributed by atoms with Gasteiger partial charge in [-0.05, 0) is 36.8 Å². The van der Waals surface area contributed by atoms with Crippen LogP contribution in [0.15, 0.2) is 41.5 Å². The lowest BCUT2D eigenvalue weighted by atomic mass is 9.76. The Hall–Kier alpha value is -1.41. The highest BCUT2D eigenvalue weighted by Gasteiger charge is 2.45. The molecule has 3 unspecified atom stereocenters. The van der Waals surface area contributed by atoms with Crippen LogP contribution < -0.4 is 0 Å². The number of carbonyl (C=O) groups excluding carboxylic acids is 1. The van der Waals surface area contributed by atoms with Crippen LogP contribution in [0.5, 0.6) is 0 Å². The second-order valence-corrected chi connectivity index (χ2v) is 6.21. The second kappa shape index (κ2) is 4.85. The molecule has 1 aromatic rings. The molecule has 0 N–H and O–H groups in total. The topological polar surface area (TPSA) is 26.3 Å². The van der Waals surface area contributed by atoms with Crippen LogP contribution >= 0.6 is 0 Å². The van der Waals surface area contributed by atoms with Gasteiger partial charge in [-0.1, -0.05) is 36.8 Å². The molecule has 20 heavy (non-hydrogen) atoms. The van der Waals surface area contributed by atoms with Crippen molar-refractivity contribution >= 4 is 5.78 Å².